The minimum Gasteiger partial charge on any atom is -0.444 e. The van der Waals surface area contributed by atoms with Crippen molar-refractivity contribution < 1.29 is 14.3 Å². The van der Waals surface area contributed by atoms with Crippen molar-refractivity contribution in [2.75, 3.05) is 10.6 Å². The minimum atomic E-state index is -0.519. The fourth-order valence-electron chi connectivity index (χ4n) is 6.59. The summed E-state index contributed by atoms with van der Waals surface area (Å²) in [6.45, 7) is 20.4. The SMILES string of the molecule is Cc1cc(-c2nc(Nc3cnn(C)c3)ncc2C)ccc1CCC(=O)c1cnc(C(C)(C)C)s1.Cc1cc(-c2nc(Nc3cnn(C)c3)ncc2C)ccc1CNC(=O)OC(C)(C)C. The normalized spacial score (nSPS) is 11.4. The van der Waals surface area contributed by atoms with Crippen molar-refractivity contribution in [1.29, 1.82) is 0 Å². The number of nitrogens with zero attached hydrogens (tertiary/aromatic N) is 9. The summed E-state index contributed by atoms with van der Waals surface area (Å²) in [6, 6.07) is 12.4. The van der Waals surface area contributed by atoms with Gasteiger partial charge in [0, 0.05) is 74.6 Å². The molecule has 3 N–H and O–H groups in total. The van der Waals surface area contributed by atoms with Gasteiger partial charge in [-0.15, -0.1) is 11.3 Å². The van der Waals surface area contributed by atoms with E-state index in [1.54, 1.807) is 34.2 Å². The van der Waals surface area contributed by atoms with E-state index in [0.717, 1.165) is 77.2 Å². The van der Waals surface area contributed by atoms with Crippen LogP contribution >= 0.6 is 11.3 Å². The number of aryl methyl sites for hydroxylation is 7. The van der Waals surface area contributed by atoms with Gasteiger partial charge in [0.25, 0.3) is 0 Å². The van der Waals surface area contributed by atoms with Gasteiger partial charge in [0.1, 0.15) is 5.60 Å². The van der Waals surface area contributed by atoms with Gasteiger partial charge in [-0.2, -0.15) is 10.2 Å². The van der Waals surface area contributed by atoms with E-state index < -0.39 is 11.7 Å². The van der Waals surface area contributed by atoms with E-state index >= 15 is 0 Å². The average Bonchev–Trinajstić information content (AvgIpc) is 3.99. The first kappa shape index (κ1) is 46.7. The average molecular weight is 883 g/mol. The largest absolute Gasteiger partial charge is 0.444 e. The highest BCUT2D eigenvalue weighted by Crippen LogP contribution is 2.30. The molecule has 2 aromatic carbocycles. The third-order valence-electron chi connectivity index (χ3n) is 9.96. The molecule has 1 amide bonds. The highest BCUT2D eigenvalue weighted by atomic mass is 32.1. The van der Waals surface area contributed by atoms with Crippen LogP contribution in [0.5, 0.6) is 0 Å². The van der Waals surface area contributed by atoms with Gasteiger partial charge in [0.05, 0.1) is 45.0 Å². The summed E-state index contributed by atoms with van der Waals surface area (Å²) in [5.41, 5.74) is 11.2. The number of benzene rings is 2. The van der Waals surface area contributed by atoms with Gasteiger partial charge in [-0.25, -0.2) is 29.7 Å². The second kappa shape index (κ2) is 19.7. The Labute approximate surface area is 379 Å². The van der Waals surface area contributed by atoms with Gasteiger partial charge < -0.3 is 20.7 Å². The maximum absolute atomic E-state index is 12.7. The molecule has 0 aliphatic heterocycles. The smallest absolute Gasteiger partial charge is 0.407 e. The molecule has 0 saturated heterocycles. The molecular weight excluding hydrogens is 825 g/mol. The number of carbonyl (C=O) groups excluding carboxylic acids is 2. The predicted molar refractivity (Wildman–Crippen MR) is 253 cm³/mol. The highest BCUT2D eigenvalue weighted by molar-refractivity contribution is 7.13. The molecular formula is C48H58N12O3S. The second-order valence-corrected chi connectivity index (χ2v) is 18.9. The fourth-order valence-corrected chi connectivity index (χ4v) is 7.53. The van der Waals surface area contributed by atoms with E-state index in [9.17, 15) is 9.59 Å². The number of anilines is 4. The Kier molecular flexibility index (Phi) is 14.4. The Hall–Kier alpha value is -6.81. The molecule has 7 aromatic rings. The van der Waals surface area contributed by atoms with Gasteiger partial charge in [-0.05, 0) is 100 Å². The molecule has 0 saturated carbocycles. The molecule has 7 rings (SSSR count). The second-order valence-electron chi connectivity index (χ2n) is 17.8. The number of hydrogen-bond acceptors (Lipinski definition) is 13. The van der Waals surface area contributed by atoms with Crippen molar-refractivity contribution >= 4 is 46.5 Å². The zero-order chi connectivity index (χ0) is 46.3. The molecule has 0 radical (unpaired) electrons. The maximum Gasteiger partial charge on any atom is 0.407 e. The van der Waals surface area contributed by atoms with Crippen LogP contribution in [0.3, 0.4) is 0 Å². The number of amides is 1. The van der Waals surface area contributed by atoms with Crippen molar-refractivity contribution in [2.45, 2.75) is 99.6 Å². The summed E-state index contributed by atoms with van der Waals surface area (Å²) in [4.78, 5) is 48.0. The molecule has 0 fully saturated rings. The quantitative estimate of drug-likeness (QED) is 0.0991. The molecule has 64 heavy (non-hydrogen) atoms. The van der Waals surface area contributed by atoms with Crippen molar-refractivity contribution in [1.82, 2.24) is 49.8 Å². The van der Waals surface area contributed by atoms with Crippen LogP contribution in [-0.4, -0.2) is 62.0 Å². The molecule has 0 bridgehead atoms. The van der Waals surface area contributed by atoms with E-state index in [4.69, 9.17) is 9.72 Å². The Bertz CT molecular complexity index is 2760. The Morgan fingerprint density at radius 3 is 1.62 bits per heavy atom. The van der Waals surface area contributed by atoms with E-state index in [1.165, 1.54) is 11.3 Å². The molecule has 0 unspecified atom stereocenters. The van der Waals surface area contributed by atoms with Gasteiger partial charge in [0.15, 0.2) is 5.78 Å². The van der Waals surface area contributed by atoms with Crippen molar-refractivity contribution in [2.24, 2.45) is 14.1 Å². The number of thiazole rings is 1. The predicted octanol–water partition coefficient (Wildman–Crippen LogP) is 10.1. The lowest BCUT2D eigenvalue weighted by Crippen LogP contribution is -2.32. The van der Waals surface area contributed by atoms with Crippen LogP contribution in [0, 0.1) is 27.7 Å². The number of aromatic nitrogens is 9. The Morgan fingerprint density at radius 1 is 0.672 bits per heavy atom. The molecule has 5 aromatic heterocycles. The number of ketones is 1. The summed E-state index contributed by atoms with van der Waals surface area (Å²) in [7, 11) is 3.72. The summed E-state index contributed by atoms with van der Waals surface area (Å²) in [5.74, 6) is 1.19. The monoisotopic (exact) mass is 882 g/mol. The Morgan fingerprint density at radius 2 is 1.19 bits per heavy atom. The fraction of sp³-hybridized carbons (Fsp3) is 0.354. The van der Waals surface area contributed by atoms with Gasteiger partial charge in [0.2, 0.25) is 11.9 Å². The van der Waals surface area contributed by atoms with Crippen LogP contribution < -0.4 is 16.0 Å². The molecule has 15 nitrogen and oxygen atoms in total. The lowest BCUT2D eigenvalue weighted by molar-refractivity contribution is 0.0523. The number of Topliss-reactive ketones (excluding diaryl/α,β-unsaturated/α-hetero) is 1. The summed E-state index contributed by atoms with van der Waals surface area (Å²) < 4.78 is 8.73. The number of ether oxygens (including phenoxy) is 1. The first-order chi connectivity index (χ1) is 30.2. The van der Waals surface area contributed by atoms with E-state index in [2.05, 4.69) is 98.0 Å². The van der Waals surface area contributed by atoms with Crippen LogP contribution in [0.4, 0.5) is 28.1 Å². The summed E-state index contributed by atoms with van der Waals surface area (Å²) >= 11 is 1.51. The molecule has 0 atom stereocenters. The number of carbonyl (C=O) groups is 2. The maximum atomic E-state index is 12.7. The van der Waals surface area contributed by atoms with Crippen LogP contribution in [-0.2, 0) is 37.2 Å². The number of rotatable bonds is 12. The third kappa shape index (κ3) is 12.6. The van der Waals surface area contributed by atoms with Crippen LogP contribution in [0.2, 0.25) is 0 Å². The molecule has 0 aliphatic rings. The lowest BCUT2D eigenvalue weighted by atomic mass is 9.97. The third-order valence-corrected chi connectivity index (χ3v) is 11.4. The standard InChI is InChI=1S/C26H30N6OS.C22H28N6O2/c1-16-11-19(23-17(2)12-28-25(31-23)30-20-13-29-32(6)15-20)8-7-18(16)9-10-21(33)22-14-27-24(34-22)26(3,4)5;1-14-9-16(7-8-17(14)11-24-21(29)30-22(3,4)5)19-15(2)10-23-20(27-19)26-18-12-25-28(6)13-18/h7-8,11-15H,9-10H2,1-6H3,(H,28,30,31);7-10,12-13H,11H2,1-6H3,(H,24,29)(H,23,26,27). The van der Waals surface area contributed by atoms with Crippen molar-refractivity contribution in [3.63, 3.8) is 0 Å². The van der Waals surface area contributed by atoms with E-state index in [1.807, 2.05) is 86.4 Å². The molecule has 334 valence electrons. The summed E-state index contributed by atoms with van der Waals surface area (Å²) in [6.07, 6.45) is 13.3. The topological polar surface area (TPSA) is 180 Å². The zero-order valence-corrected chi connectivity index (χ0v) is 39.6. The highest BCUT2D eigenvalue weighted by Gasteiger charge is 2.21. The van der Waals surface area contributed by atoms with Gasteiger partial charge >= 0.3 is 6.09 Å². The molecule has 0 spiro atoms. The van der Waals surface area contributed by atoms with Crippen LogP contribution in [0.15, 0.2) is 79.8 Å². The van der Waals surface area contributed by atoms with Crippen molar-refractivity contribution in [3.8, 4) is 22.5 Å². The van der Waals surface area contributed by atoms with Gasteiger partial charge in [-0.1, -0.05) is 45.0 Å². The van der Waals surface area contributed by atoms with Crippen LogP contribution in [0.25, 0.3) is 22.5 Å². The molecule has 5 heterocycles. The zero-order valence-electron chi connectivity index (χ0n) is 38.8. The number of nitrogens with one attached hydrogen (secondary N) is 3. The Balaban J connectivity index is 0.000000214. The van der Waals surface area contributed by atoms with E-state index in [0.29, 0.717) is 31.3 Å². The number of alkyl carbamates (subject to hydrolysis) is 1. The number of hydrogen-bond donors (Lipinski definition) is 3. The minimum absolute atomic E-state index is 0.0396. The molecule has 0 aliphatic carbocycles. The van der Waals surface area contributed by atoms with E-state index in [-0.39, 0.29) is 11.2 Å². The lowest BCUT2D eigenvalue weighted by Gasteiger charge is -2.20. The first-order valence-corrected chi connectivity index (χ1v) is 21.9. The molecule has 16 heteroatoms. The van der Waals surface area contributed by atoms with Crippen molar-refractivity contribution in [3.05, 3.63) is 123 Å². The van der Waals surface area contributed by atoms with Crippen LogP contribution in [0.1, 0.15) is 96.0 Å². The summed E-state index contributed by atoms with van der Waals surface area (Å²) in [5, 5.41) is 18.5. The first-order valence-electron chi connectivity index (χ1n) is 21.1. The van der Waals surface area contributed by atoms with Gasteiger partial charge in [-0.3, -0.25) is 14.2 Å².